The molecule has 0 aromatic heterocycles. The number of rotatable bonds is 1. The summed E-state index contributed by atoms with van der Waals surface area (Å²) in [7, 11) is 0. The van der Waals surface area contributed by atoms with Crippen molar-refractivity contribution in [2.45, 2.75) is 46.5 Å². The summed E-state index contributed by atoms with van der Waals surface area (Å²) >= 11 is 0. The zero-order chi connectivity index (χ0) is 11.6. The van der Waals surface area contributed by atoms with E-state index in [1.165, 1.54) is 31.5 Å². The molecule has 1 saturated carbocycles. The van der Waals surface area contributed by atoms with E-state index in [-0.39, 0.29) is 7.43 Å². The van der Waals surface area contributed by atoms with Crippen LogP contribution in [0, 0.1) is 12.8 Å². The van der Waals surface area contributed by atoms with Gasteiger partial charge in [-0.1, -0.05) is 51.1 Å². The van der Waals surface area contributed by atoms with Gasteiger partial charge >= 0.3 is 0 Å². The Labute approximate surface area is 107 Å². The maximum atomic E-state index is 3.53. The molecule has 0 bridgehead atoms. The van der Waals surface area contributed by atoms with Crippen LogP contribution in [0.25, 0.3) is 0 Å². The number of benzene rings is 1. The molecule has 0 amide bonds. The molecule has 1 aromatic carbocycles. The van der Waals surface area contributed by atoms with Gasteiger partial charge in [-0.25, -0.2) is 0 Å². The highest BCUT2D eigenvalue weighted by Gasteiger charge is 2.55. The number of piperidine rings is 1. The van der Waals surface area contributed by atoms with Gasteiger partial charge in [0.2, 0.25) is 0 Å². The first-order valence-corrected chi connectivity index (χ1v) is 6.59. The molecule has 2 fully saturated rings. The van der Waals surface area contributed by atoms with Crippen LogP contribution in [-0.2, 0) is 5.41 Å². The summed E-state index contributed by atoms with van der Waals surface area (Å²) in [6, 6.07) is 9.13. The number of hydrogen-bond donors (Lipinski definition) is 1. The summed E-state index contributed by atoms with van der Waals surface area (Å²) in [4.78, 5) is 0. The maximum Gasteiger partial charge on any atom is 0.0110 e. The molecular formula is C16H27N. The molecule has 1 nitrogen and oxygen atoms in total. The zero-order valence-electron chi connectivity index (χ0n) is 10.7. The second-order valence-electron chi connectivity index (χ2n) is 4.89. The van der Waals surface area contributed by atoms with Crippen molar-refractivity contribution in [2.24, 2.45) is 5.92 Å². The van der Waals surface area contributed by atoms with Gasteiger partial charge in [-0.3, -0.25) is 0 Å². The van der Waals surface area contributed by atoms with Crippen molar-refractivity contribution >= 4 is 0 Å². The van der Waals surface area contributed by atoms with E-state index in [4.69, 9.17) is 0 Å². The van der Waals surface area contributed by atoms with Crippen molar-refractivity contribution in [3.8, 4) is 0 Å². The number of fused-ring (bicyclic) bond motifs is 1. The molecule has 1 aliphatic heterocycles. The summed E-state index contributed by atoms with van der Waals surface area (Å²) in [5.41, 5.74) is 3.44. The Kier molecular flexibility index (Phi) is 4.76. The summed E-state index contributed by atoms with van der Waals surface area (Å²) in [6.07, 6.45) is 2.77. The van der Waals surface area contributed by atoms with Crippen LogP contribution in [-0.4, -0.2) is 13.1 Å². The second kappa shape index (κ2) is 5.68. The Bertz CT molecular complexity index is 341. The first-order valence-electron chi connectivity index (χ1n) is 6.59. The molecule has 2 aliphatic rings. The topological polar surface area (TPSA) is 12.0 Å². The average molecular weight is 233 g/mol. The van der Waals surface area contributed by atoms with Crippen LogP contribution in [0.2, 0.25) is 0 Å². The van der Waals surface area contributed by atoms with E-state index in [0.29, 0.717) is 5.41 Å². The minimum Gasteiger partial charge on any atom is -0.316 e. The van der Waals surface area contributed by atoms with Gasteiger partial charge in [-0.2, -0.15) is 0 Å². The fourth-order valence-electron chi connectivity index (χ4n) is 2.90. The highest BCUT2D eigenvalue weighted by molar-refractivity contribution is 5.36. The quantitative estimate of drug-likeness (QED) is 0.775. The second-order valence-corrected chi connectivity index (χ2v) is 4.89. The first kappa shape index (κ1) is 14.2. The average Bonchev–Trinajstić information content (AvgIpc) is 3.08. The van der Waals surface area contributed by atoms with Crippen molar-refractivity contribution in [3.63, 3.8) is 0 Å². The van der Waals surface area contributed by atoms with Crippen LogP contribution in [0.15, 0.2) is 24.3 Å². The van der Waals surface area contributed by atoms with E-state index in [9.17, 15) is 0 Å². The van der Waals surface area contributed by atoms with Crippen molar-refractivity contribution in [1.29, 1.82) is 0 Å². The first-order chi connectivity index (χ1) is 7.81. The summed E-state index contributed by atoms with van der Waals surface area (Å²) in [5, 5.41) is 3.53. The minimum atomic E-state index is 0. The highest BCUT2D eigenvalue weighted by Crippen LogP contribution is 2.56. The summed E-state index contributed by atoms with van der Waals surface area (Å²) < 4.78 is 0. The van der Waals surface area contributed by atoms with Crippen LogP contribution < -0.4 is 5.32 Å². The molecule has 1 saturated heterocycles. The van der Waals surface area contributed by atoms with Crippen LogP contribution >= 0.6 is 0 Å². The standard InChI is InChI=1S/C13H17N.C2H6.CH4/c1-10-2-4-11(5-3-10)13-8-12(13)6-7-14-9-13;1-2;/h2-5,12,14H,6-9H2,1H3;1-2H3;1H4. The molecule has 0 radical (unpaired) electrons. The SMILES string of the molecule is C.CC.Cc1ccc(C23CNCCC2C3)cc1. The minimum absolute atomic E-state index is 0. The Morgan fingerprint density at radius 1 is 1.18 bits per heavy atom. The molecule has 1 aromatic rings. The summed E-state index contributed by atoms with van der Waals surface area (Å²) in [6.45, 7) is 8.57. The third-order valence-corrected chi connectivity index (χ3v) is 3.97. The molecule has 2 atom stereocenters. The number of hydrogen-bond acceptors (Lipinski definition) is 1. The lowest BCUT2D eigenvalue weighted by atomic mass is 9.89. The largest absolute Gasteiger partial charge is 0.316 e. The third kappa shape index (κ3) is 2.55. The smallest absolute Gasteiger partial charge is 0.0110 e. The Balaban J connectivity index is 0.000000459. The van der Waals surface area contributed by atoms with Gasteiger partial charge in [-0.05, 0) is 37.8 Å². The van der Waals surface area contributed by atoms with Crippen molar-refractivity contribution in [1.82, 2.24) is 5.32 Å². The zero-order valence-corrected chi connectivity index (χ0v) is 10.7. The molecule has 96 valence electrons. The van der Waals surface area contributed by atoms with Gasteiger partial charge in [0.15, 0.2) is 0 Å². The van der Waals surface area contributed by atoms with Crippen molar-refractivity contribution in [2.75, 3.05) is 13.1 Å². The van der Waals surface area contributed by atoms with Crippen LogP contribution in [0.3, 0.4) is 0 Å². The Morgan fingerprint density at radius 2 is 1.82 bits per heavy atom. The third-order valence-electron chi connectivity index (χ3n) is 3.97. The molecule has 1 heterocycles. The van der Waals surface area contributed by atoms with Gasteiger partial charge in [0.1, 0.15) is 0 Å². The fraction of sp³-hybridized carbons (Fsp3) is 0.625. The number of aryl methyl sites for hydroxylation is 1. The van der Waals surface area contributed by atoms with Gasteiger partial charge in [0, 0.05) is 12.0 Å². The van der Waals surface area contributed by atoms with Crippen LogP contribution in [0.1, 0.15) is 45.2 Å². The van der Waals surface area contributed by atoms with Gasteiger partial charge < -0.3 is 5.32 Å². The predicted octanol–water partition coefficient (Wildman–Crippen LogP) is 3.91. The monoisotopic (exact) mass is 233 g/mol. The van der Waals surface area contributed by atoms with E-state index in [2.05, 4.69) is 36.5 Å². The van der Waals surface area contributed by atoms with E-state index >= 15 is 0 Å². The predicted molar refractivity (Wildman–Crippen MR) is 76.5 cm³/mol. The van der Waals surface area contributed by atoms with E-state index in [1.807, 2.05) is 13.8 Å². The van der Waals surface area contributed by atoms with Gasteiger partial charge in [0.05, 0.1) is 0 Å². The maximum absolute atomic E-state index is 3.53. The summed E-state index contributed by atoms with van der Waals surface area (Å²) in [5.74, 6) is 0.964. The Hall–Kier alpha value is -0.820. The van der Waals surface area contributed by atoms with E-state index in [0.717, 1.165) is 5.92 Å². The van der Waals surface area contributed by atoms with E-state index in [1.54, 1.807) is 5.56 Å². The molecule has 1 aliphatic carbocycles. The van der Waals surface area contributed by atoms with Gasteiger partial charge in [-0.15, -0.1) is 0 Å². The Morgan fingerprint density at radius 3 is 2.41 bits per heavy atom. The molecule has 1 heteroatoms. The molecule has 2 unspecified atom stereocenters. The number of nitrogens with one attached hydrogen (secondary N) is 1. The normalized spacial score (nSPS) is 29.2. The molecule has 0 spiro atoms. The lowest BCUT2D eigenvalue weighted by Gasteiger charge is -2.23. The van der Waals surface area contributed by atoms with Crippen molar-refractivity contribution < 1.29 is 0 Å². The lowest BCUT2D eigenvalue weighted by molar-refractivity contribution is 0.447. The van der Waals surface area contributed by atoms with Gasteiger partial charge in [0.25, 0.3) is 0 Å². The fourth-order valence-corrected chi connectivity index (χ4v) is 2.90. The van der Waals surface area contributed by atoms with Crippen molar-refractivity contribution in [3.05, 3.63) is 35.4 Å². The molecule has 3 rings (SSSR count). The molecule has 1 N–H and O–H groups in total. The molecule has 17 heavy (non-hydrogen) atoms. The van der Waals surface area contributed by atoms with Crippen LogP contribution in [0.5, 0.6) is 0 Å². The van der Waals surface area contributed by atoms with E-state index < -0.39 is 0 Å². The lowest BCUT2D eigenvalue weighted by Crippen LogP contribution is -2.34. The van der Waals surface area contributed by atoms with Crippen LogP contribution in [0.4, 0.5) is 0 Å². The highest BCUT2D eigenvalue weighted by atomic mass is 14.9. The molecular weight excluding hydrogens is 206 g/mol.